The van der Waals surface area contributed by atoms with Gasteiger partial charge in [0.2, 0.25) is 0 Å². The van der Waals surface area contributed by atoms with E-state index in [0.29, 0.717) is 6.42 Å². The number of rotatable bonds is 0. The number of H-pyrrole nitrogens is 1. The van der Waals surface area contributed by atoms with Crippen LogP contribution in [0.1, 0.15) is 33.7 Å². The molecule has 2 heteroatoms. The first-order valence-corrected chi connectivity index (χ1v) is 3.91. The van der Waals surface area contributed by atoms with Crippen LogP contribution >= 0.6 is 0 Å². The Morgan fingerprint density at radius 3 is 2.64 bits per heavy atom. The summed E-state index contributed by atoms with van der Waals surface area (Å²) in [5.41, 5.74) is 4.52. The van der Waals surface area contributed by atoms with Crippen molar-refractivity contribution in [1.29, 1.82) is 0 Å². The molecule has 1 aromatic heterocycles. The van der Waals surface area contributed by atoms with Crippen LogP contribution in [0.2, 0.25) is 0 Å². The molecule has 0 saturated heterocycles. The predicted molar refractivity (Wildman–Crippen MR) is 42.9 cm³/mol. The molecule has 0 radical (unpaired) electrons. The summed E-state index contributed by atoms with van der Waals surface area (Å²) in [6.07, 6.45) is 1.63. The van der Waals surface area contributed by atoms with E-state index in [9.17, 15) is 4.79 Å². The van der Waals surface area contributed by atoms with Gasteiger partial charge in [0, 0.05) is 12.1 Å². The van der Waals surface area contributed by atoms with E-state index in [1.54, 1.807) is 0 Å². The second-order valence-corrected chi connectivity index (χ2v) is 3.15. The predicted octanol–water partition coefficient (Wildman–Crippen LogP) is 1.76. The number of carbonyl (C=O) groups is 1. The third kappa shape index (κ3) is 0.754. The Morgan fingerprint density at radius 1 is 1.27 bits per heavy atom. The average molecular weight is 149 g/mol. The van der Waals surface area contributed by atoms with E-state index in [1.165, 1.54) is 11.1 Å². The van der Waals surface area contributed by atoms with Gasteiger partial charge in [0.1, 0.15) is 0 Å². The van der Waals surface area contributed by atoms with Crippen LogP contribution in [0.3, 0.4) is 0 Å². The lowest BCUT2D eigenvalue weighted by Crippen LogP contribution is -1.91. The lowest BCUT2D eigenvalue weighted by atomic mass is 10.1. The smallest absolute Gasteiger partial charge is 0.179 e. The Bertz CT molecular complexity index is 323. The topological polar surface area (TPSA) is 32.9 Å². The number of carbonyl (C=O) groups excluding carboxylic acids is 1. The van der Waals surface area contributed by atoms with Crippen LogP contribution in [-0.4, -0.2) is 10.8 Å². The molecule has 0 aromatic carbocycles. The van der Waals surface area contributed by atoms with Crippen molar-refractivity contribution in [1.82, 2.24) is 4.98 Å². The van der Waals surface area contributed by atoms with E-state index in [-0.39, 0.29) is 5.78 Å². The Balaban J connectivity index is 2.66. The zero-order valence-corrected chi connectivity index (χ0v) is 6.82. The molecular formula is C9H11NO. The maximum atomic E-state index is 11.2. The van der Waals surface area contributed by atoms with Crippen molar-refractivity contribution >= 4 is 5.78 Å². The molecule has 0 aliphatic heterocycles. The largest absolute Gasteiger partial charge is 0.356 e. The summed E-state index contributed by atoms with van der Waals surface area (Å²) in [5, 5.41) is 0. The summed E-state index contributed by atoms with van der Waals surface area (Å²) in [5.74, 6) is 0.274. The van der Waals surface area contributed by atoms with Gasteiger partial charge in [-0.1, -0.05) is 0 Å². The second-order valence-electron chi connectivity index (χ2n) is 3.15. The van der Waals surface area contributed by atoms with E-state index in [4.69, 9.17) is 0 Å². The summed E-state index contributed by atoms with van der Waals surface area (Å²) < 4.78 is 0. The van der Waals surface area contributed by atoms with Crippen LogP contribution in [0.5, 0.6) is 0 Å². The molecule has 0 spiro atoms. The molecule has 1 aliphatic rings. The molecule has 1 N–H and O–H groups in total. The molecule has 0 bridgehead atoms. The molecule has 2 nitrogen and oxygen atoms in total. The first-order chi connectivity index (χ1) is 5.20. The number of aromatic amines is 1. The van der Waals surface area contributed by atoms with Gasteiger partial charge >= 0.3 is 0 Å². The number of hydrogen-bond donors (Lipinski definition) is 1. The van der Waals surface area contributed by atoms with E-state index in [0.717, 1.165) is 17.8 Å². The SMILES string of the molecule is Cc1[nH]c2c(c1C)CCC2=O. The standard InChI is InChI=1S/C9H11NO/c1-5-6(2)10-9-7(5)3-4-8(9)11/h10H,3-4H2,1-2H3. The average Bonchev–Trinajstić information content (AvgIpc) is 2.43. The van der Waals surface area contributed by atoms with Crippen LogP contribution < -0.4 is 0 Å². The van der Waals surface area contributed by atoms with Crippen LogP contribution in [0.15, 0.2) is 0 Å². The van der Waals surface area contributed by atoms with Crippen LogP contribution in [-0.2, 0) is 6.42 Å². The van der Waals surface area contributed by atoms with Crippen LogP contribution in [0.4, 0.5) is 0 Å². The summed E-state index contributed by atoms with van der Waals surface area (Å²) in [6, 6.07) is 0. The van der Waals surface area contributed by atoms with Crippen molar-refractivity contribution in [3.63, 3.8) is 0 Å². The molecule has 2 rings (SSSR count). The van der Waals surface area contributed by atoms with E-state index < -0.39 is 0 Å². The Labute approximate surface area is 65.6 Å². The highest BCUT2D eigenvalue weighted by Crippen LogP contribution is 2.26. The quantitative estimate of drug-likeness (QED) is 0.599. The van der Waals surface area contributed by atoms with Crippen LogP contribution in [0.25, 0.3) is 0 Å². The molecule has 58 valence electrons. The molecule has 0 amide bonds. The minimum absolute atomic E-state index is 0.274. The van der Waals surface area contributed by atoms with Gasteiger partial charge in [-0.05, 0) is 31.4 Å². The molecule has 1 aromatic rings. The number of fused-ring (bicyclic) bond motifs is 1. The van der Waals surface area contributed by atoms with Gasteiger partial charge in [0.05, 0.1) is 5.69 Å². The van der Waals surface area contributed by atoms with E-state index in [2.05, 4.69) is 11.9 Å². The molecule has 11 heavy (non-hydrogen) atoms. The maximum absolute atomic E-state index is 11.2. The zero-order chi connectivity index (χ0) is 8.01. The third-order valence-electron chi connectivity index (χ3n) is 2.51. The van der Waals surface area contributed by atoms with Crippen molar-refractivity contribution in [2.45, 2.75) is 26.7 Å². The van der Waals surface area contributed by atoms with Gasteiger partial charge in [-0.2, -0.15) is 0 Å². The Morgan fingerprint density at radius 2 is 2.00 bits per heavy atom. The number of Topliss-reactive ketones (excluding diaryl/α,β-unsaturated/α-hetero) is 1. The van der Waals surface area contributed by atoms with Crippen molar-refractivity contribution in [2.24, 2.45) is 0 Å². The van der Waals surface area contributed by atoms with Crippen LogP contribution in [0, 0.1) is 13.8 Å². The number of ketones is 1. The highest BCUT2D eigenvalue weighted by atomic mass is 16.1. The van der Waals surface area contributed by atoms with Gasteiger partial charge in [0.15, 0.2) is 5.78 Å². The van der Waals surface area contributed by atoms with Crippen molar-refractivity contribution in [3.8, 4) is 0 Å². The van der Waals surface area contributed by atoms with Crippen molar-refractivity contribution < 1.29 is 4.79 Å². The number of aromatic nitrogens is 1. The fourth-order valence-electron chi connectivity index (χ4n) is 1.68. The highest BCUT2D eigenvalue weighted by molar-refractivity contribution is 5.99. The molecule has 0 fully saturated rings. The summed E-state index contributed by atoms with van der Waals surface area (Å²) in [6.45, 7) is 4.09. The third-order valence-corrected chi connectivity index (χ3v) is 2.51. The van der Waals surface area contributed by atoms with Gasteiger partial charge in [-0.25, -0.2) is 0 Å². The Hall–Kier alpha value is -1.05. The summed E-state index contributed by atoms with van der Waals surface area (Å²) in [4.78, 5) is 14.3. The lowest BCUT2D eigenvalue weighted by molar-refractivity contribution is 0.0990. The van der Waals surface area contributed by atoms with Gasteiger partial charge in [0.25, 0.3) is 0 Å². The van der Waals surface area contributed by atoms with Gasteiger partial charge in [-0.15, -0.1) is 0 Å². The summed E-state index contributed by atoms with van der Waals surface area (Å²) in [7, 11) is 0. The lowest BCUT2D eigenvalue weighted by Gasteiger charge is -1.91. The maximum Gasteiger partial charge on any atom is 0.179 e. The first-order valence-electron chi connectivity index (χ1n) is 3.91. The number of nitrogens with one attached hydrogen (secondary N) is 1. The molecule has 1 aliphatic carbocycles. The fourth-order valence-corrected chi connectivity index (χ4v) is 1.68. The van der Waals surface area contributed by atoms with Gasteiger partial charge in [-0.3, -0.25) is 4.79 Å². The molecule has 0 atom stereocenters. The van der Waals surface area contributed by atoms with Crippen molar-refractivity contribution in [3.05, 3.63) is 22.5 Å². The highest BCUT2D eigenvalue weighted by Gasteiger charge is 2.23. The minimum atomic E-state index is 0.274. The van der Waals surface area contributed by atoms with Crippen molar-refractivity contribution in [2.75, 3.05) is 0 Å². The zero-order valence-electron chi connectivity index (χ0n) is 6.82. The van der Waals surface area contributed by atoms with E-state index >= 15 is 0 Å². The van der Waals surface area contributed by atoms with Gasteiger partial charge < -0.3 is 4.98 Å². The molecule has 0 saturated carbocycles. The number of aryl methyl sites for hydroxylation is 1. The normalized spacial score (nSPS) is 15.6. The molecule has 1 heterocycles. The summed E-state index contributed by atoms with van der Waals surface area (Å²) >= 11 is 0. The minimum Gasteiger partial charge on any atom is -0.356 e. The Kier molecular flexibility index (Phi) is 1.19. The first kappa shape index (κ1) is 6.65. The number of hydrogen-bond acceptors (Lipinski definition) is 1. The second kappa shape index (κ2) is 1.97. The monoisotopic (exact) mass is 149 g/mol. The molecule has 0 unspecified atom stereocenters. The molecular weight excluding hydrogens is 138 g/mol. The fraction of sp³-hybridized carbons (Fsp3) is 0.444. The van der Waals surface area contributed by atoms with E-state index in [1.807, 2.05) is 6.92 Å².